The Morgan fingerprint density at radius 2 is 1.68 bits per heavy atom. The van der Waals surface area contributed by atoms with Crippen molar-refractivity contribution in [2.45, 2.75) is 30.2 Å². The summed E-state index contributed by atoms with van der Waals surface area (Å²) in [5, 5.41) is 0. The van der Waals surface area contributed by atoms with Crippen LogP contribution in [-0.2, 0) is 20.0 Å². The molecule has 0 aliphatic carbocycles. The van der Waals surface area contributed by atoms with Crippen LogP contribution < -0.4 is 14.2 Å². The summed E-state index contributed by atoms with van der Waals surface area (Å²) in [7, 11) is -6.94. The van der Waals surface area contributed by atoms with Crippen molar-refractivity contribution in [3.8, 4) is 11.5 Å². The lowest BCUT2D eigenvalue weighted by Gasteiger charge is -2.31. The molecule has 10 heteroatoms. The third kappa shape index (κ3) is 4.43. The van der Waals surface area contributed by atoms with Crippen LogP contribution >= 0.6 is 0 Å². The van der Waals surface area contributed by atoms with E-state index in [1.807, 2.05) is 0 Å². The first-order valence-electron chi connectivity index (χ1n) is 8.13. The van der Waals surface area contributed by atoms with E-state index < -0.39 is 20.0 Å². The van der Waals surface area contributed by atoms with Crippen molar-refractivity contribution in [2.75, 3.05) is 32.6 Å². The fourth-order valence-corrected chi connectivity index (χ4v) is 5.30. The summed E-state index contributed by atoms with van der Waals surface area (Å²) in [6.07, 6.45) is 2.74. The lowest BCUT2D eigenvalue weighted by Crippen LogP contribution is -2.46. The molecule has 2 aliphatic rings. The Hall–Kier alpha value is -1.36. The number of ether oxygens (including phenoxy) is 2. The molecule has 0 atom stereocenters. The van der Waals surface area contributed by atoms with E-state index in [1.165, 1.54) is 16.4 Å². The van der Waals surface area contributed by atoms with Gasteiger partial charge in [0, 0.05) is 31.6 Å². The number of sulfonamides is 2. The van der Waals surface area contributed by atoms with E-state index in [0.717, 1.165) is 12.7 Å². The first-order chi connectivity index (χ1) is 11.8. The minimum absolute atomic E-state index is 0.159. The summed E-state index contributed by atoms with van der Waals surface area (Å²) in [5.41, 5.74) is 0. The number of fused-ring (bicyclic) bond motifs is 1. The maximum absolute atomic E-state index is 12.8. The van der Waals surface area contributed by atoms with Crippen molar-refractivity contribution in [1.29, 1.82) is 0 Å². The lowest BCUT2D eigenvalue weighted by atomic mass is 10.1. The normalized spacial score (nSPS) is 20.2. The number of nitrogens with zero attached hydrogens (tertiary/aromatic N) is 1. The molecule has 1 aromatic carbocycles. The van der Waals surface area contributed by atoms with Crippen molar-refractivity contribution in [1.82, 2.24) is 9.03 Å². The molecule has 1 fully saturated rings. The van der Waals surface area contributed by atoms with Crippen LogP contribution in [0.25, 0.3) is 0 Å². The Kier molecular flexibility index (Phi) is 5.24. The van der Waals surface area contributed by atoms with Crippen molar-refractivity contribution >= 4 is 20.0 Å². The number of rotatable bonds is 4. The number of nitrogens with one attached hydrogen (secondary N) is 1. The van der Waals surface area contributed by atoms with Crippen molar-refractivity contribution in [3.63, 3.8) is 0 Å². The largest absolute Gasteiger partial charge is 0.490 e. The van der Waals surface area contributed by atoms with Crippen LogP contribution in [0.15, 0.2) is 23.1 Å². The first-order valence-corrected chi connectivity index (χ1v) is 11.5. The Morgan fingerprint density at radius 1 is 1.04 bits per heavy atom. The minimum atomic E-state index is -3.65. The predicted molar refractivity (Wildman–Crippen MR) is 91.8 cm³/mol. The molecule has 0 bridgehead atoms. The zero-order valence-corrected chi connectivity index (χ0v) is 15.6. The van der Waals surface area contributed by atoms with Crippen LogP contribution in [0.1, 0.15) is 19.3 Å². The molecule has 1 aromatic rings. The number of hydrogen-bond donors (Lipinski definition) is 1. The molecule has 0 amide bonds. The second kappa shape index (κ2) is 7.10. The zero-order valence-electron chi connectivity index (χ0n) is 14.0. The topological polar surface area (TPSA) is 102 Å². The second-order valence-electron chi connectivity index (χ2n) is 6.23. The van der Waals surface area contributed by atoms with Crippen LogP contribution in [0.5, 0.6) is 11.5 Å². The maximum atomic E-state index is 12.8. The summed E-state index contributed by atoms with van der Waals surface area (Å²) in [4.78, 5) is 0.159. The van der Waals surface area contributed by atoms with Gasteiger partial charge in [-0.05, 0) is 25.0 Å². The molecule has 2 aliphatic heterocycles. The van der Waals surface area contributed by atoms with Gasteiger partial charge in [-0.25, -0.2) is 21.6 Å². The number of hydrogen-bond acceptors (Lipinski definition) is 6. The summed E-state index contributed by atoms with van der Waals surface area (Å²) in [5.74, 6) is 0.986. The van der Waals surface area contributed by atoms with Gasteiger partial charge >= 0.3 is 0 Å². The van der Waals surface area contributed by atoms with Crippen LogP contribution in [0, 0.1) is 0 Å². The van der Waals surface area contributed by atoms with Gasteiger partial charge in [-0.2, -0.15) is 4.31 Å². The predicted octanol–water partition coefficient (Wildman–Crippen LogP) is 0.550. The summed E-state index contributed by atoms with van der Waals surface area (Å²) in [6, 6.07) is 4.40. The van der Waals surface area contributed by atoms with Gasteiger partial charge in [-0.3, -0.25) is 0 Å². The Bertz CT molecular complexity index is 830. The molecular formula is C15H22N2O6S2. The van der Waals surface area contributed by atoms with Crippen LogP contribution in [0.4, 0.5) is 0 Å². The van der Waals surface area contributed by atoms with Gasteiger partial charge in [0.2, 0.25) is 20.0 Å². The van der Waals surface area contributed by atoms with Gasteiger partial charge in [0.25, 0.3) is 0 Å². The smallest absolute Gasteiger partial charge is 0.243 e. The van der Waals surface area contributed by atoms with Gasteiger partial charge in [0.05, 0.1) is 24.4 Å². The monoisotopic (exact) mass is 390 g/mol. The molecule has 0 spiro atoms. The number of benzene rings is 1. The summed E-state index contributed by atoms with van der Waals surface area (Å²) < 4.78 is 63.3. The first kappa shape index (κ1) is 18.4. The second-order valence-corrected chi connectivity index (χ2v) is 9.95. The van der Waals surface area contributed by atoms with Gasteiger partial charge in [-0.15, -0.1) is 0 Å². The van der Waals surface area contributed by atoms with Crippen molar-refractivity contribution < 1.29 is 26.3 Å². The third-order valence-corrected chi connectivity index (χ3v) is 6.85. The lowest BCUT2D eigenvalue weighted by molar-refractivity contribution is 0.296. The van der Waals surface area contributed by atoms with Gasteiger partial charge in [0.15, 0.2) is 11.5 Å². The highest BCUT2D eigenvalue weighted by Gasteiger charge is 2.31. The fraction of sp³-hybridized carbons (Fsp3) is 0.600. The molecule has 25 heavy (non-hydrogen) atoms. The van der Waals surface area contributed by atoms with E-state index in [2.05, 4.69) is 4.72 Å². The van der Waals surface area contributed by atoms with E-state index in [4.69, 9.17) is 9.47 Å². The molecule has 3 rings (SSSR count). The molecule has 0 saturated carbocycles. The molecule has 1 saturated heterocycles. The standard InChI is InChI=1S/C15H22N2O6S2/c1-24(18,19)16-12-5-7-17(8-6-12)25(20,21)13-3-4-14-15(11-13)23-10-2-9-22-14/h3-4,11-12,16H,2,5-10H2,1H3. The van der Waals surface area contributed by atoms with E-state index in [-0.39, 0.29) is 24.0 Å². The molecule has 8 nitrogen and oxygen atoms in total. The molecular weight excluding hydrogens is 368 g/mol. The van der Waals surface area contributed by atoms with Crippen LogP contribution in [-0.4, -0.2) is 59.7 Å². The molecule has 0 unspecified atom stereocenters. The van der Waals surface area contributed by atoms with Gasteiger partial charge in [-0.1, -0.05) is 0 Å². The summed E-state index contributed by atoms with van der Waals surface area (Å²) >= 11 is 0. The Balaban J connectivity index is 1.73. The highest BCUT2D eigenvalue weighted by molar-refractivity contribution is 7.89. The van der Waals surface area contributed by atoms with Crippen molar-refractivity contribution in [3.05, 3.63) is 18.2 Å². The van der Waals surface area contributed by atoms with Gasteiger partial charge < -0.3 is 9.47 Å². The molecule has 140 valence electrons. The zero-order chi connectivity index (χ0) is 18.1. The Morgan fingerprint density at radius 3 is 2.32 bits per heavy atom. The van der Waals surface area contributed by atoms with E-state index in [1.54, 1.807) is 6.07 Å². The highest BCUT2D eigenvalue weighted by Crippen LogP contribution is 2.33. The van der Waals surface area contributed by atoms with Crippen LogP contribution in [0.3, 0.4) is 0 Å². The maximum Gasteiger partial charge on any atom is 0.243 e. The number of piperidine rings is 1. The quantitative estimate of drug-likeness (QED) is 0.806. The average molecular weight is 390 g/mol. The molecule has 1 N–H and O–H groups in total. The average Bonchev–Trinajstić information content (AvgIpc) is 2.78. The van der Waals surface area contributed by atoms with Crippen LogP contribution in [0.2, 0.25) is 0 Å². The van der Waals surface area contributed by atoms with E-state index in [0.29, 0.717) is 37.6 Å². The minimum Gasteiger partial charge on any atom is -0.490 e. The fourth-order valence-electron chi connectivity index (χ4n) is 2.97. The third-order valence-electron chi connectivity index (χ3n) is 4.19. The summed E-state index contributed by atoms with van der Waals surface area (Å²) in [6.45, 7) is 1.56. The molecule has 2 heterocycles. The molecule has 0 radical (unpaired) electrons. The highest BCUT2D eigenvalue weighted by atomic mass is 32.2. The SMILES string of the molecule is CS(=O)(=O)NC1CCN(S(=O)(=O)c2ccc3c(c2)OCCCO3)CC1. The van der Waals surface area contributed by atoms with E-state index in [9.17, 15) is 16.8 Å². The van der Waals surface area contributed by atoms with Gasteiger partial charge in [0.1, 0.15) is 0 Å². The van der Waals surface area contributed by atoms with E-state index >= 15 is 0 Å². The van der Waals surface area contributed by atoms with Crippen molar-refractivity contribution in [2.24, 2.45) is 0 Å². The molecule has 0 aromatic heterocycles. The Labute approximate surface area is 148 Å².